The van der Waals surface area contributed by atoms with E-state index in [1.165, 1.54) is 6.07 Å². The minimum atomic E-state index is -0.306. The normalized spacial score (nSPS) is 13.1. The van der Waals surface area contributed by atoms with Crippen LogP contribution in [0.25, 0.3) is 0 Å². The summed E-state index contributed by atoms with van der Waals surface area (Å²) in [6.07, 6.45) is 0. The Morgan fingerprint density at radius 3 is 2.62 bits per heavy atom. The Morgan fingerprint density at radius 2 is 2.12 bits per heavy atom. The zero-order valence-corrected chi connectivity index (χ0v) is 10.4. The van der Waals surface area contributed by atoms with Crippen molar-refractivity contribution in [3.05, 3.63) is 34.6 Å². The Labute approximate surface area is 101 Å². The predicted molar refractivity (Wildman–Crippen MR) is 66.0 cm³/mol. The van der Waals surface area contributed by atoms with Crippen molar-refractivity contribution >= 4 is 11.6 Å². The molecule has 1 unspecified atom stereocenters. The lowest BCUT2D eigenvalue weighted by atomic mass is 10.1. The van der Waals surface area contributed by atoms with Crippen LogP contribution in [0.5, 0.6) is 0 Å². The molecule has 0 heterocycles. The molecular formula is C12H18ClFN2. The van der Waals surface area contributed by atoms with Crippen LogP contribution in [0.3, 0.4) is 0 Å². The summed E-state index contributed by atoms with van der Waals surface area (Å²) in [5.74, 6) is 0.179. The Balaban J connectivity index is 2.86. The zero-order chi connectivity index (χ0) is 12.1. The van der Waals surface area contributed by atoms with E-state index in [1.807, 2.05) is 0 Å². The Kier molecular flexibility index (Phi) is 5.19. The van der Waals surface area contributed by atoms with Crippen LogP contribution in [0.1, 0.15) is 25.5 Å². The van der Waals surface area contributed by atoms with Gasteiger partial charge in [-0.3, -0.25) is 0 Å². The van der Waals surface area contributed by atoms with Gasteiger partial charge >= 0.3 is 0 Å². The second kappa shape index (κ2) is 6.18. The van der Waals surface area contributed by atoms with Crippen molar-refractivity contribution in [1.29, 1.82) is 0 Å². The number of hydrogen-bond donors (Lipinski definition) is 2. The molecule has 0 saturated carbocycles. The number of rotatable bonds is 5. The van der Waals surface area contributed by atoms with Gasteiger partial charge in [-0.2, -0.15) is 0 Å². The molecule has 1 rings (SSSR count). The summed E-state index contributed by atoms with van der Waals surface area (Å²) in [5, 5.41) is 3.64. The van der Waals surface area contributed by atoms with Crippen LogP contribution in [0.4, 0.5) is 4.39 Å². The van der Waals surface area contributed by atoms with Gasteiger partial charge in [0, 0.05) is 23.2 Å². The van der Waals surface area contributed by atoms with Crippen molar-refractivity contribution in [1.82, 2.24) is 5.32 Å². The summed E-state index contributed by atoms with van der Waals surface area (Å²) >= 11 is 5.98. The highest BCUT2D eigenvalue weighted by atomic mass is 35.5. The Hall–Kier alpha value is -0.640. The van der Waals surface area contributed by atoms with Gasteiger partial charge in [-0.1, -0.05) is 31.5 Å². The van der Waals surface area contributed by atoms with Gasteiger partial charge in [-0.15, -0.1) is 0 Å². The second-order valence-corrected chi connectivity index (χ2v) is 4.63. The largest absolute Gasteiger partial charge is 0.329 e. The molecule has 0 amide bonds. The van der Waals surface area contributed by atoms with Gasteiger partial charge in [-0.25, -0.2) is 4.39 Å². The number of nitrogens with one attached hydrogen (secondary N) is 1. The van der Waals surface area contributed by atoms with E-state index in [0.717, 1.165) is 6.54 Å². The topological polar surface area (TPSA) is 38.0 Å². The molecule has 1 atom stereocenters. The molecule has 0 aliphatic heterocycles. The summed E-state index contributed by atoms with van der Waals surface area (Å²) in [6, 6.07) is 4.45. The molecule has 0 bridgehead atoms. The molecule has 1 aromatic rings. The highest BCUT2D eigenvalue weighted by Gasteiger charge is 2.17. The van der Waals surface area contributed by atoms with Crippen LogP contribution in [-0.2, 0) is 0 Å². The molecule has 90 valence electrons. The van der Waals surface area contributed by atoms with Gasteiger partial charge in [0.25, 0.3) is 0 Å². The Morgan fingerprint density at radius 1 is 1.44 bits per heavy atom. The van der Waals surface area contributed by atoms with Gasteiger partial charge in [0.2, 0.25) is 0 Å². The van der Waals surface area contributed by atoms with E-state index in [1.54, 1.807) is 12.1 Å². The predicted octanol–water partition coefficient (Wildman–Crippen LogP) is 2.72. The molecule has 0 spiro atoms. The van der Waals surface area contributed by atoms with Gasteiger partial charge in [0.1, 0.15) is 5.82 Å². The fourth-order valence-electron chi connectivity index (χ4n) is 1.52. The van der Waals surface area contributed by atoms with E-state index >= 15 is 0 Å². The molecule has 0 fully saturated rings. The van der Waals surface area contributed by atoms with Crippen molar-refractivity contribution in [3.8, 4) is 0 Å². The highest BCUT2D eigenvalue weighted by molar-refractivity contribution is 6.31. The molecule has 0 saturated heterocycles. The zero-order valence-electron chi connectivity index (χ0n) is 9.63. The monoisotopic (exact) mass is 244 g/mol. The van der Waals surface area contributed by atoms with Crippen LogP contribution >= 0.6 is 11.6 Å². The van der Waals surface area contributed by atoms with Crippen molar-refractivity contribution in [2.45, 2.75) is 19.9 Å². The average Bonchev–Trinajstić information content (AvgIpc) is 2.22. The quantitative estimate of drug-likeness (QED) is 0.836. The summed E-state index contributed by atoms with van der Waals surface area (Å²) in [4.78, 5) is 0. The first-order chi connectivity index (χ1) is 7.56. The van der Waals surface area contributed by atoms with Crippen molar-refractivity contribution < 1.29 is 4.39 Å². The molecule has 0 aliphatic carbocycles. The van der Waals surface area contributed by atoms with Gasteiger partial charge in [0.05, 0.1) is 0 Å². The molecule has 3 N–H and O–H groups in total. The summed E-state index contributed by atoms with van der Waals surface area (Å²) in [5.41, 5.74) is 6.11. The smallest absolute Gasteiger partial charge is 0.129 e. The average molecular weight is 245 g/mol. The first-order valence-electron chi connectivity index (χ1n) is 5.43. The van der Waals surface area contributed by atoms with E-state index in [2.05, 4.69) is 19.2 Å². The van der Waals surface area contributed by atoms with Crippen LogP contribution in [0.15, 0.2) is 18.2 Å². The van der Waals surface area contributed by atoms with E-state index in [-0.39, 0.29) is 11.9 Å². The Bertz CT molecular complexity index is 322. The van der Waals surface area contributed by atoms with Gasteiger partial charge in [0.15, 0.2) is 0 Å². The maximum atomic E-state index is 13.6. The summed E-state index contributed by atoms with van der Waals surface area (Å²) in [6.45, 7) is 5.28. The lowest BCUT2D eigenvalue weighted by Crippen LogP contribution is -2.31. The minimum absolute atomic E-state index is 0.226. The minimum Gasteiger partial charge on any atom is -0.329 e. The first kappa shape index (κ1) is 13.4. The van der Waals surface area contributed by atoms with E-state index in [9.17, 15) is 4.39 Å². The third kappa shape index (κ3) is 3.44. The van der Waals surface area contributed by atoms with Crippen molar-refractivity contribution in [2.75, 3.05) is 13.1 Å². The maximum Gasteiger partial charge on any atom is 0.129 e. The molecular weight excluding hydrogens is 227 g/mol. The molecule has 0 radical (unpaired) electrons. The number of hydrogen-bond acceptors (Lipinski definition) is 2. The molecule has 0 aromatic heterocycles. The molecule has 2 nitrogen and oxygen atoms in total. The third-order valence-corrected chi connectivity index (χ3v) is 2.69. The van der Waals surface area contributed by atoms with Crippen molar-refractivity contribution in [2.24, 2.45) is 11.7 Å². The molecule has 1 aromatic carbocycles. The van der Waals surface area contributed by atoms with Crippen LogP contribution < -0.4 is 11.1 Å². The van der Waals surface area contributed by atoms with Crippen LogP contribution in [-0.4, -0.2) is 13.1 Å². The molecule has 4 heteroatoms. The highest BCUT2D eigenvalue weighted by Crippen LogP contribution is 2.25. The second-order valence-electron chi connectivity index (χ2n) is 4.23. The lowest BCUT2D eigenvalue weighted by molar-refractivity contribution is 0.462. The number of halogens is 2. The van der Waals surface area contributed by atoms with Gasteiger partial charge < -0.3 is 11.1 Å². The van der Waals surface area contributed by atoms with Crippen molar-refractivity contribution in [3.63, 3.8) is 0 Å². The fourth-order valence-corrected chi connectivity index (χ4v) is 1.82. The third-order valence-electron chi connectivity index (χ3n) is 2.36. The van der Waals surface area contributed by atoms with Crippen LogP contribution in [0.2, 0.25) is 5.02 Å². The van der Waals surface area contributed by atoms with E-state index in [0.29, 0.717) is 23.0 Å². The SMILES string of the molecule is CC(C)CNC(CN)c1c(F)cccc1Cl. The number of nitrogens with two attached hydrogens (primary N) is 1. The van der Waals surface area contributed by atoms with E-state index < -0.39 is 0 Å². The van der Waals surface area contributed by atoms with E-state index in [4.69, 9.17) is 17.3 Å². The maximum absolute atomic E-state index is 13.6. The summed E-state index contributed by atoms with van der Waals surface area (Å²) in [7, 11) is 0. The fraction of sp³-hybridized carbons (Fsp3) is 0.500. The number of benzene rings is 1. The van der Waals surface area contributed by atoms with Gasteiger partial charge in [-0.05, 0) is 24.6 Å². The first-order valence-corrected chi connectivity index (χ1v) is 5.81. The molecule has 16 heavy (non-hydrogen) atoms. The summed E-state index contributed by atoms with van der Waals surface area (Å²) < 4.78 is 13.6. The molecule has 0 aliphatic rings. The lowest BCUT2D eigenvalue weighted by Gasteiger charge is -2.20. The van der Waals surface area contributed by atoms with Crippen LogP contribution in [0, 0.1) is 11.7 Å². The standard InChI is InChI=1S/C12H18ClFN2/c1-8(2)7-16-11(6-15)12-9(13)4-3-5-10(12)14/h3-5,8,11,16H,6-7,15H2,1-2H3.